The molecule has 2 heterocycles. The topological polar surface area (TPSA) is 56.5 Å². The maximum absolute atomic E-state index is 4.02. The molecule has 14 heavy (non-hydrogen) atoms. The van der Waals surface area contributed by atoms with Gasteiger partial charge < -0.3 is 4.57 Å². The van der Waals surface area contributed by atoms with Crippen molar-refractivity contribution >= 4 is 39.0 Å². The maximum Gasteiger partial charge on any atom is 0.198 e. The van der Waals surface area contributed by atoms with E-state index in [1.807, 2.05) is 18.5 Å². The summed E-state index contributed by atoms with van der Waals surface area (Å²) >= 11 is 6.19. The molecule has 0 unspecified atom stereocenters. The van der Waals surface area contributed by atoms with Crippen LogP contribution in [0.1, 0.15) is 5.82 Å². The quantitative estimate of drug-likeness (QED) is 0.846. The highest BCUT2D eigenvalue weighted by Crippen LogP contribution is 2.30. The van der Waals surface area contributed by atoms with Crippen LogP contribution in [0.3, 0.4) is 0 Å². The minimum Gasteiger partial charge on any atom is -0.309 e. The minimum atomic E-state index is 0.777. The Bertz CT molecular complexity index is 451. The molecule has 0 saturated heterocycles. The second-order valence-electron chi connectivity index (χ2n) is 2.51. The molecule has 5 nitrogen and oxygen atoms in total. The van der Waals surface area contributed by atoms with E-state index in [1.54, 1.807) is 0 Å². The Kier molecular flexibility index (Phi) is 2.84. The molecule has 2 aromatic heterocycles. The van der Waals surface area contributed by atoms with Crippen molar-refractivity contribution in [3.8, 4) is 0 Å². The first-order chi connectivity index (χ1) is 6.66. The number of hydrogen-bond acceptors (Lipinski definition) is 6. The first kappa shape index (κ1) is 10.1. The Hall–Kier alpha value is -0.470. The Balaban J connectivity index is 2.22. The molecule has 0 aromatic carbocycles. The second kappa shape index (κ2) is 3.95. The summed E-state index contributed by atoms with van der Waals surface area (Å²) in [5.41, 5.74) is 0. The molecular formula is C6H6BrN5S2. The summed E-state index contributed by atoms with van der Waals surface area (Å²) in [6, 6.07) is 0. The van der Waals surface area contributed by atoms with Gasteiger partial charge in [-0.1, -0.05) is 11.3 Å². The SMILES string of the molecule is Cc1nnc(Sc2nnc(Br)s2)n1C. The molecule has 0 fully saturated rings. The summed E-state index contributed by atoms with van der Waals surface area (Å²) in [5.74, 6) is 0.885. The summed E-state index contributed by atoms with van der Waals surface area (Å²) in [6.07, 6.45) is 0. The van der Waals surface area contributed by atoms with Crippen molar-refractivity contribution in [3.05, 3.63) is 9.74 Å². The lowest BCUT2D eigenvalue weighted by Gasteiger charge is -1.96. The highest BCUT2D eigenvalue weighted by molar-refractivity contribution is 9.11. The van der Waals surface area contributed by atoms with Gasteiger partial charge in [0, 0.05) is 7.05 Å². The van der Waals surface area contributed by atoms with E-state index in [-0.39, 0.29) is 0 Å². The van der Waals surface area contributed by atoms with E-state index in [4.69, 9.17) is 0 Å². The van der Waals surface area contributed by atoms with Crippen molar-refractivity contribution in [1.82, 2.24) is 25.0 Å². The van der Waals surface area contributed by atoms with Crippen LogP contribution in [0.4, 0.5) is 0 Å². The third kappa shape index (κ3) is 1.96. The van der Waals surface area contributed by atoms with Crippen molar-refractivity contribution in [2.45, 2.75) is 16.4 Å². The summed E-state index contributed by atoms with van der Waals surface area (Å²) in [4.78, 5) is 0. The molecule has 2 rings (SSSR count). The number of halogens is 1. The Labute approximate surface area is 97.1 Å². The van der Waals surface area contributed by atoms with Crippen molar-refractivity contribution < 1.29 is 0 Å². The average molecular weight is 292 g/mol. The van der Waals surface area contributed by atoms with Gasteiger partial charge in [0.25, 0.3) is 0 Å². The van der Waals surface area contributed by atoms with Crippen LogP contribution in [0, 0.1) is 6.92 Å². The predicted octanol–water partition coefficient (Wildman–Crippen LogP) is 1.89. The van der Waals surface area contributed by atoms with Crippen LogP contribution in [-0.2, 0) is 7.05 Å². The van der Waals surface area contributed by atoms with Crippen LogP contribution in [0.15, 0.2) is 13.4 Å². The molecule has 74 valence electrons. The summed E-state index contributed by atoms with van der Waals surface area (Å²) < 4.78 is 3.55. The van der Waals surface area contributed by atoms with Gasteiger partial charge >= 0.3 is 0 Å². The zero-order valence-corrected chi connectivity index (χ0v) is 10.6. The van der Waals surface area contributed by atoms with Gasteiger partial charge in [0.15, 0.2) is 13.4 Å². The van der Waals surface area contributed by atoms with Crippen LogP contribution in [-0.4, -0.2) is 25.0 Å². The largest absolute Gasteiger partial charge is 0.309 e. The number of aryl methyl sites for hydroxylation is 1. The molecule has 2 aromatic rings. The normalized spacial score (nSPS) is 10.8. The molecule has 0 radical (unpaired) electrons. The van der Waals surface area contributed by atoms with Crippen LogP contribution >= 0.6 is 39.0 Å². The lowest BCUT2D eigenvalue weighted by atomic mass is 10.7. The van der Waals surface area contributed by atoms with Crippen LogP contribution < -0.4 is 0 Å². The van der Waals surface area contributed by atoms with E-state index in [9.17, 15) is 0 Å². The molecule has 0 aliphatic heterocycles. The average Bonchev–Trinajstić information content (AvgIpc) is 2.67. The molecular weight excluding hydrogens is 286 g/mol. The zero-order chi connectivity index (χ0) is 10.1. The van der Waals surface area contributed by atoms with E-state index in [0.29, 0.717) is 0 Å². The van der Waals surface area contributed by atoms with Crippen molar-refractivity contribution in [1.29, 1.82) is 0 Å². The Morgan fingerprint density at radius 1 is 1.29 bits per heavy atom. The Morgan fingerprint density at radius 3 is 2.57 bits per heavy atom. The predicted molar refractivity (Wildman–Crippen MR) is 57.5 cm³/mol. The third-order valence-corrected chi connectivity index (χ3v) is 4.06. The number of hydrogen-bond donors (Lipinski definition) is 0. The lowest BCUT2D eigenvalue weighted by Crippen LogP contribution is -1.92. The molecule has 8 heteroatoms. The highest BCUT2D eigenvalue weighted by Gasteiger charge is 2.10. The van der Waals surface area contributed by atoms with Gasteiger partial charge in [0.1, 0.15) is 5.82 Å². The number of nitrogens with zero attached hydrogens (tertiary/aromatic N) is 5. The van der Waals surface area contributed by atoms with Crippen molar-refractivity contribution in [2.24, 2.45) is 7.05 Å². The van der Waals surface area contributed by atoms with Gasteiger partial charge in [-0.3, -0.25) is 0 Å². The number of rotatable bonds is 2. The van der Waals surface area contributed by atoms with Gasteiger partial charge in [-0.05, 0) is 34.6 Å². The van der Waals surface area contributed by atoms with E-state index >= 15 is 0 Å². The van der Waals surface area contributed by atoms with Gasteiger partial charge in [-0.2, -0.15) is 0 Å². The molecule has 0 atom stereocenters. The standard InChI is InChI=1S/C6H6BrN5S2/c1-3-8-10-5(12(3)2)14-6-11-9-4(7)13-6/h1-2H3. The minimum absolute atomic E-state index is 0.777. The van der Waals surface area contributed by atoms with Crippen LogP contribution in [0.25, 0.3) is 0 Å². The first-order valence-electron chi connectivity index (χ1n) is 3.69. The fourth-order valence-electron chi connectivity index (χ4n) is 0.789. The molecule has 0 spiro atoms. The highest BCUT2D eigenvalue weighted by atomic mass is 79.9. The van der Waals surface area contributed by atoms with E-state index in [0.717, 1.165) is 19.2 Å². The molecule has 0 saturated carbocycles. The van der Waals surface area contributed by atoms with E-state index in [1.165, 1.54) is 23.1 Å². The second-order valence-corrected chi connectivity index (χ2v) is 5.98. The van der Waals surface area contributed by atoms with Gasteiger partial charge in [0.2, 0.25) is 0 Å². The molecule has 0 aliphatic rings. The monoisotopic (exact) mass is 291 g/mol. The maximum atomic E-state index is 4.02. The van der Waals surface area contributed by atoms with Gasteiger partial charge in [-0.15, -0.1) is 20.4 Å². The molecule has 0 N–H and O–H groups in total. The lowest BCUT2D eigenvalue weighted by molar-refractivity contribution is 0.764. The van der Waals surface area contributed by atoms with Crippen molar-refractivity contribution in [2.75, 3.05) is 0 Å². The molecule has 0 aliphatic carbocycles. The van der Waals surface area contributed by atoms with Gasteiger partial charge in [-0.25, -0.2) is 0 Å². The number of aromatic nitrogens is 5. The summed E-state index contributed by atoms with van der Waals surface area (Å²) in [7, 11) is 1.92. The first-order valence-corrected chi connectivity index (χ1v) is 6.12. The van der Waals surface area contributed by atoms with Crippen LogP contribution in [0.2, 0.25) is 0 Å². The molecule has 0 bridgehead atoms. The van der Waals surface area contributed by atoms with E-state index < -0.39 is 0 Å². The van der Waals surface area contributed by atoms with Crippen molar-refractivity contribution in [3.63, 3.8) is 0 Å². The fraction of sp³-hybridized carbons (Fsp3) is 0.333. The Morgan fingerprint density at radius 2 is 2.07 bits per heavy atom. The smallest absolute Gasteiger partial charge is 0.198 e. The fourth-order valence-corrected chi connectivity index (χ4v) is 3.17. The zero-order valence-electron chi connectivity index (χ0n) is 7.43. The van der Waals surface area contributed by atoms with E-state index in [2.05, 4.69) is 36.3 Å². The van der Waals surface area contributed by atoms with Crippen LogP contribution in [0.5, 0.6) is 0 Å². The third-order valence-electron chi connectivity index (χ3n) is 1.61. The summed E-state index contributed by atoms with van der Waals surface area (Å²) in [5, 5.41) is 16.6. The summed E-state index contributed by atoms with van der Waals surface area (Å²) in [6.45, 7) is 1.91. The van der Waals surface area contributed by atoms with Gasteiger partial charge in [0.05, 0.1) is 0 Å². The molecule has 0 amide bonds.